The Morgan fingerprint density at radius 2 is 1.79 bits per heavy atom. The number of rotatable bonds is 4. The first-order valence-corrected chi connectivity index (χ1v) is 6.68. The van der Waals surface area contributed by atoms with Crippen LogP contribution in [0.2, 0.25) is 5.02 Å². The predicted octanol–water partition coefficient (Wildman–Crippen LogP) is 3.90. The Bertz CT molecular complexity index is 568. The predicted molar refractivity (Wildman–Crippen MR) is 78.0 cm³/mol. The Hall–Kier alpha value is -1.38. The molecule has 0 aliphatic rings. The van der Waals surface area contributed by atoms with Crippen molar-refractivity contribution >= 4 is 11.6 Å². The summed E-state index contributed by atoms with van der Waals surface area (Å²) in [7, 11) is 0. The van der Waals surface area contributed by atoms with Gasteiger partial charge in [0.25, 0.3) is 0 Å². The Kier molecular flexibility index (Phi) is 4.56. The molecule has 1 atom stereocenters. The highest BCUT2D eigenvalue weighted by atomic mass is 35.5. The van der Waals surface area contributed by atoms with E-state index < -0.39 is 0 Å². The average molecular weight is 278 g/mol. The van der Waals surface area contributed by atoms with Crippen molar-refractivity contribution < 1.29 is 4.39 Å². The van der Waals surface area contributed by atoms with E-state index in [1.165, 1.54) is 23.3 Å². The molecule has 3 heteroatoms. The van der Waals surface area contributed by atoms with Crippen LogP contribution in [0.15, 0.2) is 42.5 Å². The van der Waals surface area contributed by atoms with Gasteiger partial charge in [-0.2, -0.15) is 0 Å². The van der Waals surface area contributed by atoms with Crippen molar-refractivity contribution in [2.24, 2.45) is 5.73 Å². The third-order valence-electron chi connectivity index (χ3n) is 3.24. The van der Waals surface area contributed by atoms with Crippen LogP contribution in [-0.2, 0) is 12.8 Å². The second-order valence-corrected chi connectivity index (χ2v) is 5.24. The van der Waals surface area contributed by atoms with E-state index >= 15 is 0 Å². The molecule has 2 aromatic carbocycles. The summed E-state index contributed by atoms with van der Waals surface area (Å²) >= 11 is 6.01. The highest BCUT2D eigenvalue weighted by Crippen LogP contribution is 2.19. The molecule has 1 unspecified atom stereocenters. The summed E-state index contributed by atoms with van der Waals surface area (Å²) in [4.78, 5) is 0. The summed E-state index contributed by atoms with van der Waals surface area (Å²) < 4.78 is 13.0. The number of benzene rings is 2. The van der Waals surface area contributed by atoms with Gasteiger partial charge in [0, 0.05) is 11.1 Å². The Labute approximate surface area is 118 Å². The van der Waals surface area contributed by atoms with E-state index in [2.05, 4.69) is 19.1 Å². The van der Waals surface area contributed by atoms with E-state index in [0.717, 1.165) is 12.0 Å². The quantitative estimate of drug-likeness (QED) is 0.901. The highest BCUT2D eigenvalue weighted by Gasteiger charge is 2.10. The molecule has 0 amide bonds. The van der Waals surface area contributed by atoms with Crippen molar-refractivity contribution in [2.45, 2.75) is 25.8 Å². The van der Waals surface area contributed by atoms with Crippen LogP contribution in [0.1, 0.15) is 16.7 Å². The number of nitrogens with two attached hydrogens (primary N) is 1. The van der Waals surface area contributed by atoms with Crippen LogP contribution in [0.25, 0.3) is 0 Å². The smallest absolute Gasteiger partial charge is 0.124 e. The standard InChI is InChI=1S/C16H17ClFN/c1-11-4-2-3-5-12(11)8-15(19)9-13-6-7-14(18)10-16(13)17/h2-7,10,15H,8-9,19H2,1H3. The van der Waals surface area contributed by atoms with Crippen molar-refractivity contribution in [2.75, 3.05) is 0 Å². The topological polar surface area (TPSA) is 26.0 Å². The molecule has 0 saturated carbocycles. The SMILES string of the molecule is Cc1ccccc1CC(N)Cc1ccc(F)cc1Cl. The first kappa shape index (κ1) is 14.0. The normalized spacial score (nSPS) is 12.4. The molecule has 0 radical (unpaired) electrons. The monoisotopic (exact) mass is 277 g/mol. The first-order chi connectivity index (χ1) is 9.06. The molecule has 2 N–H and O–H groups in total. The molecule has 2 aromatic rings. The van der Waals surface area contributed by atoms with Crippen LogP contribution >= 0.6 is 11.6 Å². The molecule has 0 fully saturated rings. The van der Waals surface area contributed by atoms with E-state index in [4.69, 9.17) is 17.3 Å². The van der Waals surface area contributed by atoms with Crippen LogP contribution in [0.5, 0.6) is 0 Å². The second kappa shape index (κ2) is 6.18. The third-order valence-corrected chi connectivity index (χ3v) is 3.59. The van der Waals surface area contributed by atoms with Crippen molar-refractivity contribution in [3.63, 3.8) is 0 Å². The van der Waals surface area contributed by atoms with Crippen LogP contribution in [-0.4, -0.2) is 6.04 Å². The zero-order chi connectivity index (χ0) is 13.8. The van der Waals surface area contributed by atoms with Gasteiger partial charge in [-0.05, 0) is 48.6 Å². The van der Waals surface area contributed by atoms with E-state index in [1.54, 1.807) is 6.07 Å². The van der Waals surface area contributed by atoms with E-state index in [0.29, 0.717) is 11.4 Å². The fourth-order valence-corrected chi connectivity index (χ4v) is 2.41. The third kappa shape index (κ3) is 3.79. The van der Waals surface area contributed by atoms with Crippen LogP contribution in [0.4, 0.5) is 4.39 Å². The summed E-state index contributed by atoms with van der Waals surface area (Å²) in [5, 5.41) is 0.445. The van der Waals surface area contributed by atoms with Gasteiger partial charge >= 0.3 is 0 Å². The van der Waals surface area contributed by atoms with Gasteiger partial charge < -0.3 is 5.73 Å². The summed E-state index contributed by atoms with van der Waals surface area (Å²) in [5.41, 5.74) is 9.54. The van der Waals surface area contributed by atoms with Crippen molar-refractivity contribution in [3.8, 4) is 0 Å². The van der Waals surface area contributed by atoms with Crippen molar-refractivity contribution in [3.05, 3.63) is 70.0 Å². The van der Waals surface area contributed by atoms with Gasteiger partial charge in [-0.15, -0.1) is 0 Å². The maximum absolute atomic E-state index is 13.0. The lowest BCUT2D eigenvalue weighted by atomic mass is 9.97. The molecular weight excluding hydrogens is 261 g/mol. The molecule has 0 aliphatic carbocycles. The molecule has 0 bridgehead atoms. The minimum atomic E-state index is -0.318. The zero-order valence-corrected chi connectivity index (χ0v) is 11.6. The lowest BCUT2D eigenvalue weighted by Crippen LogP contribution is -2.26. The molecule has 1 nitrogen and oxygen atoms in total. The molecule has 0 saturated heterocycles. The van der Waals surface area contributed by atoms with Gasteiger partial charge in [0.2, 0.25) is 0 Å². The largest absolute Gasteiger partial charge is 0.327 e. The summed E-state index contributed by atoms with van der Waals surface area (Å²) in [6.45, 7) is 2.08. The molecule has 100 valence electrons. The van der Waals surface area contributed by atoms with Gasteiger partial charge in [-0.1, -0.05) is 41.9 Å². The minimum absolute atomic E-state index is 0.0240. The lowest BCUT2D eigenvalue weighted by molar-refractivity contribution is 0.623. The lowest BCUT2D eigenvalue weighted by Gasteiger charge is -2.14. The van der Waals surface area contributed by atoms with Gasteiger partial charge in [0.05, 0.1) is 0 Å². The van der Waals surface area contributed by atoms with Gasteiger partial charge in [-0.3, -0.25) is 0 Å². The molecule has 0 aliphatic heterocycles. The Balaban J connectivity index is 2.05. The number of aryl methyl sites for hydroxylation is 1. The summed E-state index contributed by atoms with van der Waals surface area (Å²) in [5.74, 6) is -0.318. The van der Waals surface area contributed by atoms with Crippen molar-refractivity contribution in [1.29, 1.82) is 0 Å². The fraction of sp³-hybridized carbons (Fsp3) is 0.250. The molecule has 0 heterocycles. The Morgan fingerprint density at radius 1 is 1.11 bits per heavy atom. The maximum Gasteiger partial charge on any atom is 0.124 e. The molecular formula is C16H17ClFN. The molecule has 0 spiro atoms. The summed E-state index contributed by atoms with van der Waals surface area (Å²) in [6.07, 6.45) is 1.44. The van der Waals surface area contributed by atoms with E-state index in [1.807, 2.05) is 12.1 Å². The van der Waals surface area contributed by atoms with Gasteiger partial charge in [0.1, 0.15) is 5.82 Å². The Morgan fingerprint density at radius 3 is 2.47 bits per heavy atom. The van der Waals surface area contributed by atoms with Crippen molar-refractivity contribution in [1.82, 2.24) is 0 Å². The number of halogens is 2. The molecule has 19 heavy (non-hydrogen) atoms. The summed E-state index contributed by atoms with van der Waals surface area (Å²) in [6, 6.07) is 12.6. The number of hydrogen-bond acceptors (Lipinski definition) is 1. The fourth-order valence-electron chi connectivity index (χ4n) is 2.16. The average Bonchev–Trinajstić information content (AvgIpc) is 2.36. The van der Waals surface area contributed by atoms with Gasteiger partial charge in [-0.25, -0.2) is 4.39 Å². The van der Waals surface area contributed by atoms with E-state index in [9.17, 15) is 4.39 Å². The minimum Gasteiger partial charge on any atom is -0.327 e. The molecule has 0 aromatic heterocycles. The van der Waals surface area contributed by atoms with Gasteiger partial charge in [0.15, 0.2) is 0 Å². The van der Waals surface area contributed by atoms with Crippen LogP contribution < -0.4 is 5.73 Å². The molecule has 2 rings (SSSR count). The maximum atomic E-state index is 13.0. The number of hydrogen-bond donors (Lipinski definition) is 1. The zero-order valence-electron chi connectivity index (χ0n) is 10.9. The second-order valence-electron chi connectivity index (χ2n) is 4.83. The van der Waals surface area contributed by atoms with Crippen LogP contribution in [0.3, 0.4) is 0 Å². The first-order valence-electron chi connectivity index (χ1n) is 6.30. The highest BCUT2D eigenvalue weighted by molar-refractivity contribution is 6.31. The van der Waals surface area contributed by atoms with E-state index in [-0.39, 0.29) is 11.9 Å². The van der Waals surface area contributed by atoms with Crippen LogP contribution in [0, 0.1) is 12.7 Å².